The molecule has 5 nitrogen and oxygen atoms in total. The molecule has 3 atom stereocenters. The minimum atomic E-state index is -1.23. The van der Waals surface area contributed by atoms with Crippen LogP contribution in [0.15, 0.2) is 42.0 Å². The maximum atomic E-state index is 12.3. The van der Waals surface area contributed by atoms with Crippen molar-refractivity contribution in [2.75, 3.05) is 0 Å². The molecule has 2 aliphatic carbocycles. The van der Waals surface area contributed by atoms with Crippen LogP contribution in [0.3, 0.4) is 0 Å². The fourth-order valence-corrected chi connectivity index (χ4v) is 3.60. The summed E-state index contributed by atoms with van der Waals surface area (Å²) >= 11 is 0. The highest BCUT2D eigenvalue weighted by atomic mass is 16.4. The molecule has 0 spiro atoms. The molecule has 0 heterocycles. The van der Waals surface area contributed by atoms with Gasteiger partial charge in [0.1, 0.15) is 12.2 Å². The van der Waals surface area contributed by atoms with Gasteiger partial charge in [-0.15, -0.1) is 0 Å². The van der Waals surface area contributed by atoms with E-state index in [4.69, 9.17) is 0 Å². The molecule has 124 valence electrons. The zero-order valence-corrected chi connectivity index (χ0v) is 13.1. The molecule has 0 aliphatic heterocycles. The molecule has 3 rings (SSSR count). The molecule has 1 aromatic carbocycles. The zero-order valence-electron chi connectivity index (χ0n) is 13.1. The Labute approximate surface area is 135 Å². The quantitative estimate of drug-likeness (QED) is 0.658. The van der Waals surface area contributed by atoms with E-state index in [0.29, 0.717) is 5.57 Å². The first-order chi connectivity index (χ1) is 10.9. The lowest BCUT2D eigenvalue weighted by molar-refractivity contribution is -0.120. The summed E-state index contributed by atoms with van der Waals surface area (Å²) in [6.45, 7) is 2.19. The maximum absolute atomic E-state index is 12.3. The first kappa shape index (κ1) is 16.2. The van der Waals surface area contributed by atoms with Crippen molar-refractivity contribution in [2.24, 2.45) is 0 Å². The number of amides is 1. The normalized spacial score (nSPS) is 36.8. The van der Waals surface area contributed by atoms with Crippen LogP contribution in [0, 0.1) is 0 Å². The largest absolute Gasteiger partial charge is 0.390 e. The molecular weight excluding hydrogens is 294 g/mol. The Balaban J connectivity index is 1.58. The second-order valence-corrected chi connectivity index (χ2v) is 6.95. The fourth-order valence-electron chi connectivity index (χ4n) is 3.60. The monoisotopic (exact) mass is 317 g/mol. The van der Waals surface area contributed by atoms with E-state index in [-0.39, 0.29) is 23.8 Å². The third-order valence-corrected chi connectivity index (χ3v) is 5.04. The summed E-state index contributed by atoms with van der Waals surface area (Å²) in [5.41, 5.74) is 1.69. The van der Waals surface area contributed by atoms with Crippen LogP contribution in [-0.2, 0) is 10.2 Å². The number of carbonyl (C=O) groups is 1. The second kappa shape index (κ2) is 6.07. The first-order valence-corrected chi connectivity index (χ1v) is 8.00. The van der Waals surface area contributed by atoms with Crippen molar-refractivity contribution in [3.05, 3.63) is 47.5 Å². The highest BCUT2D eigenvalue weighted by Crippen LogP contribution is 2.43. The number of carbonyl (C=O) groups excluding carboxylic acids is 1. The molecule has 0 saturated heterocycles. The molecule has 1 amide bonds. The molecule has 2 aliphatic rings. The van der Waals surface area contributed by atoms with Gasteiger partial charge in [-0.3, -0.25) is 4.79 Å². The Morgan fingerprint density at radius 1 is 1.17 bits per heavy atom. The average molecular weight is 317 g/mol. The van der Waals surface area contributed by atoms with Crippen LogP contribution in [0.1, 0.15) is 31.7 Å². The average Bonchev–Trinajstić information content (AvgIpc) is 2.51. The van der Waals surface area contributed by atoms with Gasteiger partial charge in [-0.25, -0.2) is 0 Å². The van der Waals surface area contributed by atoms with Gasteiger partial charge in [0.05, 0.1) is 6.10 Å². The van der Waals surface area contributed by atoms with E-state index in [1.165, 1.54) is 11.6 Å². The third-order valence-electron chi connectivity index (χ3n) is 5.04. The first-order valence-electron chi connectivity index (χ1n) is 8.00. The van der Waals surface area contributed by atoms with Crippen molar-refractivity contribution in [2.45, 2.75) is 56.0 Å². The molecule has 23 heavy (non-hydrogen) atoms. The van der Waals surface area contributed by atoms with Crippen LogP contribution in [0.5, 0.6) is 0 Å². The smallest absolute Gasteiger partial charge is 0.247 e. The molecule has 5 heteroatoms. The summed E-state index contributed by atoms with van der Waals surface area (Å²) in [6.07, 6.45) is -0.402. The van der Waals surface area contributed by atoms with Crippen LogP contribution < -0.4 is 5.32 Å². The molecule has 4 N–H and O–H groups in total. The van der Waals surface area contributed by atoms with Crippen LogP contribution in [0.2, 0.25) is 0 Å². The van der Waals surface area contributed by atoms with Gasteiger partial charge in [0.25, 0.3) is 0 Å². The van der Waals surface area contributed by atoms with Gasteiger partial charge >= 0.3 is 0 Å². The number of nitrogens with one attached hydrogen (secondary N) is 1. The van der Waals surface area contributed by atoms with Gasteiger partial charge in [0.2, 0.25) is 5.91 Å². The lowest BCUT2D eigenvalue weighted by Gasteiger charge is -2.46. The highest BCUT2D eigenvalue weighted by molar-refractivity contribution is 5.94. The van der Waals surface area contributed by atoms with Crippen molar-refractivity contribution in [1.29, 1.82) is 0 Å². The Morgan fingerprint density at radius 3 is 2.43 bits per heavy atom. The minimum absolute atomic E-state index is 0.0622. The van der Waals surface area contributed by atoms with E-state index in [1.54, 1.807) is 0 Å². The summed E-state index contributed by atoms with van der Waals surface area (Å²) in [5.74, 6) is -0.268. The number of aliphatic hydroxyl groups excluding tert-OH is 3. The predicted molar refractivity (Wildman–Crippen MR) is 85.7 cm³/mol. The van der Waals surface area contributed by atoms with Crippen LogP contribution >= 0.6 is 0 Å². The topological polar surface area (TPSA) is 89.8 Å². The Bertz CT molecular complexity index is 607. The van der Waals surface area contributed by atoms with Crippen LogP contribution in [-0.4, -0.2) is 45.6 Å². The van der Waals surface area contributed by atoms with Crippen molar-refractivity contribution in [1.82, 2.24) is 5.32 Å². The second-order valence-electron chi connectivity index (χ2n) is 6.95. The van der Waals surface area contributed by atoms with Crippen molar-refractivity contribution in [3.63, 3.8) is 0 Å². The lowest BCUT2D eigenvalue weighted by atomic mass is 9.63. The maximum Gasteiger partial charge on any atom is 0.247 e. The van der Waals surface area contributed by atoms with Gasteiger partial charge in [-0.2, -0.15) is 0 Å². The van der Waals surface area contributed by atoms with Gasteiger partial charge < -0.3 is 20.6 Å². The molecular formula is C18H23NO4. The van der Waals surface area contributed by atoms with Crippen molar-refractivity contribution in [3.8, 4) is 0 Å². The molecule has 0 radical (unpaired) electrons. The van der Waals surface area contributed by atoms with E-state index in [0.717, 1.165) is 12.8 Å². The molecule has 1 aromatic rings. The van der Waals surface area contributed by atoms with Crippen LogP contribution in [0.4, 0.5) is 0 Å². The summed E-state index contributed by atoms with van der Waals surface area (Å²) in [4.78, 5) is 12.3. The Morgan fingerprint density at radius 2 is 1.83 bits per heavy atom. The molecule has 0 aromatic heterocycles. The number of hydrogen-bond acceptors (Lipinski definition) is 4. The van der Waals surface area contributed by atoms with E-state index < -0.39 is 18.3 Å². The predicted octanol–water partition coefficient (Wildman–Crippen LogP) is 0.636. The Hall–Kier alpha value is -1.69. The summed E-state index contributed by atoms with van der Waals surface area (Å²) in [6, 6.07) is 10.3. The molecule has 1 saturated carbocycles. The Kier molecular flexibility index (Phi) is 4.27. The summed E-state index contributed by atoms with van der Waals surface area (Å²) in [5, 5.41) is 31.8. The van der Waals surface area contributed by atoms with E-state index in [2.05, 4.69) is 24.4 Å². The molecule has 1 fully saturated rings. The van der Waals surface area contributed by atoms with Gasteiger partial charge in [0, 0.05) is 18.0 Å². The van der Waals surface area contributed by atoms with Crippen molar-refractivity contribution < 1.29 is 20.1 Å². The van der Waals surface area contributed by atoms with E-state index in [9.17, 15) is 20.1 Å². The number of benzene rings is 1. The summed E-state index contributed by atoms with van der Waals surface area (Å²) < 4.78 is 0. The van der Waals surface area contributed by atoms with Gasteiger partial charge in [0.15, 0.2) is 0 Å². The number of hydrogen-bond donors (Lipinski definition) is 4. The standard InChI is InChI=1S/C18H23NO4/c1-18(12-5-3-2-4-6-12)9-13(10-18)19-17(23)11-7-14(20)16(22)15(21)8-11/h2-7,13-16,20-22H,8-10H2,1H3,(H,19,23)/t13?,14-,15-,16-,18?/m1/s1. The van der Waals surface area contributed by atoms with Crippen molar-refractivity contribution >= 4 is 5.91 Å². The molecule has 0 bridgehead atoms. The molecule has 0 unspecified atom stereocenters. The van der Waals surface area contributed by atoms with E-state index >= 15 is 0 Å². The zero-order chi connectivity index (χ0) is 16.6. The highest BCUT2D eigenvalue weighted by Gasteiger charge is 2.42. The third kappa shape index (κ3) is 3.17. The minimum Gasteiger partial charge on any atom is -0.390 e. The van der Waals surface area contributed by atoms with Gasteiger partial charge in [-0.1, -0.05) is 37.3 Å². The van der Waals surface area contributed by atoms with Crippen LogP contribution in [0.25, 0.3) is 0 Å². The SMILES string of the molecule is CC1(c2ccccc2)CC(NC(=O)C2=C[C@@H](O)[C@@H](O)[C@H](O)C2)C1. The lowest BCUT2D eigenvalue weighted by Crippen LogP contribution is -2.52. The number of rotatable bonds is 3. The fraction of sp³-hybridized carbons (Fsp3) is 0.500. The number of aliphatic hydroxyl groups is 3. The van der Waals surface area contributed by atoms with E-state index in [1.807, 2.05) is 18.2 Å². The summed E-state index contributed by atoms with van der Waals surface area (Å²) in [7, 11) is 0. The van der Waals surface area contributed by atoms with Gasteiger partial charge in [-0.05, 0) is 29.9 Å².